The predicted octanol–water partition coefficient (Wildman–Crippen LogP) is 1.89. The van der Waals surface area contributed by atoms with Gasteiger partial charge in [-0.15, -0.1) is 0 Å². The first-order valence-corrected chi connectivity index (χ1v) is 5.95. The van der Waals surface area contributed by atoms with Gasteiger partial charge in [-0.3, -0.25) is 4.79 Å². The molecular weight excluding hydrogens is 226 g/mol. The maximum absolute atomic E-state index is 11.8. The molecule has 4 nitrogen and oxygen atoms in total. The summed E-state index contributed by atoms with van der Waals surface area (Å²) in [5.74, 6) is 0.0262. The van der Waals surface area contributed by atoms with Crippen LogP contribution in [0.5, 0.6) is 0 Å². The Labute approximate surface area is 106 Å². The number of aromatic nitrogens is 2. The molecule has 94 valence electrons. The van der Waals surface area contributed by atoms with Crippen molar-refractivity contribution in [1.29, 1.82) is 0 Å². The molecule has 2 aromatic rings. The molecular formula is C14H17N3O. The number of nitrogens with one attached hydrogen (secondary N) is 2. The van der Waals surface area contributed by atoms with Gasteiger partial charge in [0.25, 0.3) is 0 Å². The number of amides is 1. The third-order valence-corrected chi connectivity index (χ3v) is 2.89. The Kier molecular flexibility index (Phi) is 3.77. The Balaban J connectivity index is 1.92. The molecule has 0 aliphatic carbocycles. The number of nitrogens with zero attached hydrogens (tertiary/aromatic N) is 1. The minimum absolute atomic E-state index is 0.0262. The third kappa shape index (κ3) is 3.20. The van der Waals surface area contributed by atoms with Gasteiger partial charge in [-0.25, -0.2) is 4.98 Å². The van der Waals surface area contributed by atoms with Crippen LogP contribution in [0.25, 0.3) is 0 Å². The van der Waals surface area contributed by atoms with Gasteiger partial charge in [0.05, 0.1) is 25.0 Å². The first kappa shape index (κ1) is 12.4. The number of aryl methyl sites for hydroxylation is 2. The van der Waals surface area contributed by atoms with Crippen LogP contribution in [0.15, 0.2) is 30.7 Å². The molecule has 0 aliphatic rings. The number of imidazole rings is 1. The summed E-state index contributed by atoms with van der Waals surface area (Å²) >= 11 is 0. The molecule has 1 amide bonds. The van der Waals surface area contributed by atoms with Crippen LogP contribution in [0.1, 0.15) is 22.4 Å². The summed E-state index contributed by atoms with van der Waals surface area (Å²) in [5, 5.41) is 2.87. The molecule has 0 aliphatic heterocycles. The molecule has 0 fully saturated rings. The van der Waals surface area contributed by atoms with Crippen LogP contribution in [0.2, 0.25) is 0 Å². The van der Waals surface area contributed by atoms with Crippen molar-refractivity contribution in [3.63, 3.8) is 0 Å². The van der Waals surface area contributed by atoms with E-state index in [9.17, 15) is 4.79 Å². The van der Waals surface area contributed by atoms with Gasteiger partial charge in [-0.1, -0.05) is 23.8 Å². The Hall–Kier alpha value is -2.10. The second-order valence-corrected chi connectivity index (χ2v) is 4.46. The van der Waals surface area contributed by atoms with Crippen molar-refractivity contribution in [3.8, 4) is 0 Å². The van der Waals surface area contributed by atoms with E-state index in [4.69, 9.17) is 0 Å². The van der Waals surface area contributed by atoms with Crippen molar-refractivity contribution in [2.24, 2.45) is 0 Å². The highest BCUT2D eigenvalue weighted by molar-refractivity contribution is 5.78. The summed E-state index contributed by atoms with van der Waals surface area (Å²) in [6.07, 6.45) is 3.73. The average Bonchev–Trinajstić information content (AvgIpc) is 2.84. The topological polar surface area (TPSA) is 57.8 Å². The van der Waals surface area contributed by atoms with Crippen LogP contribution >= 0.6 is 0 Å². The second-order valence-electron chi connectivity index (χ2n) is 4.46. The van der Waals surface area contributed by atoms with Crippen LogP contribution in [-0.4, -0.2) is 15.9 Å². The van der Waals surface area contributed by atoms with Crippen molar-refractivity contribution >= 4 is 5.91 Å². The molecule has 0 spiro atoms. The van der Waals surface area contributed by atoms with Gasteiger partial charge in [-0.2, -0.15) is 0 Å². The number of rotatable bonds is 4. The van der Waals surface area contributed by atoms with Crippen LogP contribution < -0.4 is 5.32 Å². The minimum atomic E-state index is 0.0262. The molecule has 1 aromatic heterocycles. The molecule has 18 heavy (non-hydrogen) atoms. The smallest absolute Gasteiger partial charge is 0.224 e. The predicted molar refractivity (Wildman–Crippen MR) is 70.1 cm³/mol. The zero-order chi connectivity index (χ0) is 13.0. The van der Waals surface area contributed by atoms with Gasteiger partial charge in [0.15, 0.2) is 0 Å². The fourth-order valence-corrected chi connectivity index (χ4v) is 1.80. The molecule has 0 unspecified atom stereocenters. The fourth-order valence-electron chi connectivity index (χ4n) is 1.80. The number of H-pyrrole nitrogens is 1. The summed E-state index contributed by atoms with van der Waals surface area (Å²) in [7, 11) is 0. The lowest BCUT2D eigenvalue weighted by Gasteiger charge is -2.07. The van der Waals surface area contributed by atoms with E-state index in [-0.39, 0.29) is 5.91 Å². The van der Waals surface area contributed by atoms with E-state index < -0.39 is 0 Å². The quantitative estimate of drug-likeness (QED) is 0.861. The number of aromatic amines is 1. The Morgan fingerprint density at radius 2 is 2.22 bits per heavy atom. The second kappa shape index (κ2) is 5.49. The lowest BCUT2D eigenvalue weighted by molar-refractivity contribution is -0.120. The van der Waals surface area contributed by atoms with E-state index in [1.807, 2.05) is 19.9 Å². The minimum Gasteiger partial charge on any atom is -0.350 e. The van der Waals surface area contributed by atoms with Gasteiger partial charge < -0.3 is 10.3 Å². The van der Waals surface area contributed by atoms with Crippen molar-refractivity contribution in [2.45, 2.75) is 26.8 Å². The highest BCUT2D eigenvalue weighted by atomic mass is 16.1. The molecule has 2 N–H and O–H groups in total. The van der Waals surface area contributed by atoms with Gasteiger partial charge in [0, 0.05) is 6.20 Å². The van der Waals surface area contributed by atoms with Gasteiger partial charge >= 0.3 is 0 Å². The van der Waals surface area contributed by atoms with E-state index in [0.29, 0.717) is 13.0 Å². The number of carbonyl (C=O) groups excluding carboxylic acids is 1. The molecule has 2 rings (SSSR count). The van der Waals surface area contributed by atoms with E-state index in [2.05, 4.69) is 27.4 Å². The summed E-state index contributed by atoms with van der Waals surface area (Å²) < 4.78 is 0. The molecule has 1 heterocycles. The molecule has 0 radical (unpaired) electrons. The first-order chi connectivity index (χ1) is 8.65. The van der Waals surface area contributed by atoms with E-state index in [1.165, 1.54) is 5.56 Å². The number of carbonyl (C=O) groups is 1. The number of benzene rings is 1. The maximum Gasteiger partial charge on any atom is 0.224 e. The van der Waals surface area contributed by atoms with Crippen molar-refractivity contribution in [3.05, 3.63) is 53.1 Å². The third-order valence-electron chi connectivity index (χ3n) is 2.89. The van der Waals surface area contributed by atoms with Gasteiger partial charge in [-0.05, 0) is 25.0 Å². The van der Waals surface area contributed by atoms with Crippen LogP contribution in [0.4, 0.5) is 0 Å². The lowest BCUT2D eigenvalue weighted by Crippen LogP contribution is -2.25. The van der Waals surface area contributed by atoms with Crippen molar-refractivity contribution in [1.82, 2.24) is 15.3 Å². The fraction of sp³-hybridized carbons (Fsp3) is 0.286. The van der Waals surface area contributed by atoms with Crippen LogP contribution in [-0.2, 0) is 17.8 Å². The molecule has 4 heteroatoms. The van der Waals surface area contributed by atoms with E-state index in [0.717, 1.165) is 16.8 Å². The first-order valence-electron chi connectivity index (χ1n) is 5.95. The van der Waals surface area contributed by atoms with Crippen LogP contribution in [0.3, 0.4) is 0 Å². The van der Waals surface area contributed by atoms with Gasteiger partial charge in [0.2, 0.25) is 5.91 Å². The lowest BCUT2D eigenvalue weighted by atomic mass is 10.0. The van der Waals surface area contributed by atoms with E-state index >= 15 is 0 Å². The molecule has 1 aromatic carbocycles. The summed E-state index contributed by atoms with van der Waals surface area (Å²) in [5.41, 5.74) is 4.32. The summed E-state index contributed by atoms with van der Waals surface area (Å²) in [4.78, 5) is 18.7. The average molecular weight is 243 g/mol. The molecule has 0 saturated carbocycles. The Bertz CT molecular complexity index is 532. The molecule has 0 atom stereocenters. The monoisotopic (exact) mass is 243 g/mol. The summed E-state index contributed by atoms with van der Waals surface area (Å²) in [6, 6.07) is 6.17. The van der Waals surface area contributed by atoms with E-state index in [1.54, 1.807) is 12.5 Å². The SMILES string of the molecule is Cc1ccc(C)c(CC(=O)NCc2cnc[nH]2)c1. The Morgan fingerprint density at radius 1 is 1.39 bits per heavy atom. The normalized spacial score (nSPS) is 10.3. The largest absolute Gasteiger partial charge is 0.350 e. The highest BCUT2D eigenvalue weighted by Crippen LogP contribution is 2.11. The Morgan fingerprint density at radius 3 is 2.94 bits per heavy atom. The summed E-state index contributed by atoms with van der Waals surface area (Å²) in [6.45, 7) is 4.55. The van der Waals surface area contributed by atoms with Gasteiger partial charge in [0.1, 0.15) is 0 Å². The number of hydrogen-bond donors (Lipinski definition) is 2. The standard InChI is InChI=1S/C14H17N3O/c1-10-3-4-11(2)12(5-10)6-14(18)16-8-13-7-15-9-17-13/h3-5,7,9H,6,8H2,1-2H3,(H,15,17)(H,16,18). The van der Waals surface area contributed by atoms with Crippen molar-refractivity contribution in [2.75, 3.05) is 0 Å². The molecule has 0 bridgehead atoms. The number of hydrogen-bond acceptors (Lipinski definition) is 2. The highest BCUT2D eigenvalue weighted by Gasteiger charge is 2.06. The van der Waals surface area contributed by atoms with Crippen LogP contribution in [0, 0.1) is 13.8 Å². The zero-order valence-electron chi connectivity index (χ0n) is 10.7. The molecule has 0 saturated heterocycles. The maximum atomic E-state index is 11.8. The van der Waals surface area contributed by atoms with Crippen molar-refractivity contribution < 1.29 is 4.79 Å². The zero-order valence-corrected chi connectivity index (χ0v) is 10.7.